The predicted octanol–water partition coefficient (Wildman–Crippen LogP) is 4.04. The second kappa shape index (κ2) is 7.36. The van der Waals surface area contributed by atoms with Crippen LogP contribution in [0.15, 0.2) is 42.6 Å². The van der Waals surface area contributed by atoms with Crippen molar-refractivity contribution in [2.24, 2.45) is 7.05 Å². The van der Waals surface area contributed by atoms with Crippen LogP contribution < -0.4 is 9.47 Å². The average molecular weight is 417 g/mol. The zero-order chi connectivity index (χ0) is 21.5. The quantitative estimate of drug-likeness (QED) is 0.490. The first-order chi connectivity index (χ1) is 14.3. The molecule has 0 aliphatic heterocycles. The summed E-state index contributed by atoms with van der Waals surface area (Å²) in [7, 11) is 3.19. The minimum atomic E-state index is -4.59. The molecule has 0 N–H and O–H groups in total. The van der Waals surface area contributed by atoms with Gasteiger partial charge < -0.3 is 14.0 Å². The lowest BCUT2D eigenvalue weighted by Gasteiger charge is -2.08. The first kappa shape index (κ1) is 19.7. The Bertz CT molecular complexity index is 1200. The van der Waals surface area contributed by atoms with Crippen molar-refractivity contribution in [3.63, 3.8) is 0 Å². The van der Waals surface area contributed by atoms with E-state index in [1.54, 1.807) is 0 Å². The van der Waals surface area contributed by atoms with Gasteiger partial charge in [-0.25, -0.2) is 14.5 Å². The number of ether oxygens (including phenoxy) is 2. The van der Waals surface area contributed by atoms with Crippen molar-refractivity contribution in [3.8, 4) is 22.9 Å². The largest absolute Gasteiger partial charge is 0.493 e. The Morgan fingerprint density at radius 2 is 1.83 bits per heavy atom. The molecule has 0 spiro atoms. The number of rotatable bonds is 5. The zero-order valence-corrected chi connectivity index (χ0v) is 16.4. The van der Waals surface area contributed by atoms with Crippen LogP contribution in [0.5, 0.6) is 11.6 Å². The number of imidazole rings is 2. The van der Waals surface area contributed by atoms with Gasteiger partial charge >= 0.3 is 6.18 Å². The van der Waals surface area contributed by atoms with Gasteiger partial charge in [0.25, 0.3) is 0 Å². The van der Waals surface area contributed by atoms with E-state index in [1.165, 1.54) is 20.1 Å². The Labute approximate surface area is 169 Å². The summed E-state index contributed by atoms with van der Waals surface area (Å²) in [6.07, 6.45) is -2.72. The molecular weight excluding hydrogens is 399 g/mol. The fourth-order valence-corrected chi connectivity index (χ4v) is 3.09. The van der Waals surface area contributed by atoms with E-state index >= 15 is 0 Å². The van der Waals surface area contributed by atoms with Crippen molar-refractivity contribution in [1.29, 1.82) is 0 Å². The molecule has 1 aromatic carbocycles. The van der Waals surface area contributed by atoms with E-state index in [-0.39, 0.29) is 29.6 Å². The smallest absolute Gasteiger partial charge is 0.435 e. The molecule has 4 rings (SSSR count). The fourth-order valence-electron chi connectivity index (χ4n) is 3.09. The number of fused-ring (bicyclic) bond motifs is 1. The van der Waals surface area contributed by atoms with Crippen molar-refractivity contribution < 1.29 is 22.6 Å². The second-order valence-corrected chi connectivity index (χ2v) is 6.64. The van der Waals surface area contributed by atoms with Gasteiger partial charge in [0.05, 0.1) is 18.5 Å². The molecular formula is C20H18F3N5O2. The summed E-state index contributed by atoms with van der Waals surface area (Å²) in [6.45, 7) is 1.37. The van der Waals surface area contributed by atoms with E-state index in [0.29, 0.717) is 5.82 Å². The third-order valence-electron chi connectivity index (χ3n) is 4.63. The van der Waals surface area contributed by atoms with Gasteiger partial charge in [-0.1, -0.05) is 30.3 Å². The lowest BCUT2D eigenvalue weighted by molar-refractivity contribution is -0.141. The Balaban J connectivity index is 1.63. The molecule has 0 aliphatic carbocycles. The molecule has 0 radical (unpaired) electrons. The van der Waals surface area contributed by atoms with Gasteiger partial charge in [-0.3, -0.25) is 0 Å². The molecule has 156 valence electrons. The van der Waals surface area contributed by atoms with Gasteiger partial charge in [0.15, 0.2) is 17.1 Å². The molecule has 3 aromatic heterocycles. The average Bonchev–Trinajstić information content (AvgIpc) is 3.26. The molecule has 0 bridgehead atoms. The number of aromatic nitrogens is 5. The minimum absolute atomic E-state index is 0.0296. The van der Waals surface area contributed by atoms with Crippen LogP contribution in [-0.2, 0) is 19.8 Å². The first-order valence-corrected chi connectivity index (χ1v) is 9.00. The van der Waals surface area contributed by atoms with Crippen LogP contribution in [0.4, 0.5) is 13.2 Å². The van der Waals surface area contributed by atoms with Crippen molar-refractivity contribution in [2.75, 3.05) is 7.11 Å². The third-order valence-corrected chi connectivity index (χ3v) is 4.63. The highest BCUT2D eigenvalue weighted by atomic mass is 19.4. The summed E-state index contributed by atoms with van der Waals surface area (Å²) in [5.74, 6) is 0.856. The number of alkyl halides is 3. The number of hydrogen-bond acceptors (Lipinski definition) is 5. The summed E-state index contributed by atoms with van der Waals surface area (Å²) < 4.78 is 53.4. The second-order valence-electron chi connectivity index (χ2n) is 6.64. The molecule has 0 saturated heterocycles. The predicted molar refractivity (Wildman–Crippen MR) is 102 cm³/mol. The molecule has 4 aromatic rings. The van der Waals surface area contributed by atoms with Crippen LogP contribution in [0.1, 0.15) is 17.2 Å². The highest BCUT2D eigenvalue weighted by Gasteiger charge is 2.37. The third kappa shape index (κ3) is 3.56. The van der Waals surface area contributed by atoms with Crippen molar-refractivity contribution >= 4 is 5.65 Å². The van der Waals surface area contributed by atoms with Crippen molar-refractivity contribution in [2.45, 2.75) is 19.7 Å². The molecule has 0 aliphatic rings. The van der Waals surface area contributed by atoms with E-state index in [2.05, 4.69) is 15.1 Å². The molecule has 0 unspecified atom stereocenters. The summed E-state index contributed by atoms with van der Waals surface area (Å²) >= 11 is 0. The van der Waals surface area contributed by atoms with E-state index in [1.807, 2.05) is 48.1 Å². The summed E-state index contributed by atoms with van der Waals surface area (Å²) in [5, 5.41) is 4.14. The molecule has 0 amide bonds. The fraction of sp³-hybridized carbons (Fsp3) is 0.250. The lowest BCUT2D eigenvalue weighted by atomic mass is 10.2. The van der Waals surface area contributed by atoms with Crippen LogP contribution in [0.2, 0.25) is 0 Å². The Hall–Kier alpha value is -3.56. The highest BCUT2D eigenvalue weighted by molar-refractivity contribution is 5.58. The van der Waals surface area contributed by atoms with Crippen LogP contribution in [0, 0.1) is 6.92 Å². The molecule has 7 nitrogen and oxygen atoms in total. The molecule has 3 heterocycles. The van der Waals surface area contributed by atoms with Crippen LogP contribution in [0.3, 0.4) is 0 Å². The maximum absolute atomic E-state index is 13.2. The summed E-state index contributed by atoms with van der Waals surface area (Å²) in [4.78, 5) is 8.21. The van der Waals surface area contributed by atoms with Crippen LogP contribution >= 0.6 is 0 Å². The number of methoxy groups -OCH3 is 1. The molecule has 0 saturated carbocycles. The van der Waals surface area contributed by atoms with Gasteiger partial charge in [0.1, 0.15) is 12.4 Å². The van der Waals surface area contributed by atoms with E-state index in [4.69, 9.17) is 9.47 Å². The van der Waals surface area contributed by atoms with Crippen LogP contribution in [0.25, 0.3) is 16.9 Å². The van der Waals surface area contributed by atoms with Gasteiger partial charge in [-0.05, 0) is 6.92 Å². The number of hydrogen-bond donors (Lipinski definition) is 0. The summed E-state index contributed by atoms with van der Waals surface area (Å²) in [5.41, 5.74) is 0.567. The van der Waals surface area contributed by atoms with Crippen molar-refractivity contribution in [3.05, 3.63) is 59.8 Å². The van der Waals surface area contributed by atoms with Gasteiger partial charge in [0, 0.05) is 24.9 Å². The Morgan fingerprint density at radius 3 is 2.50 bits per heavy atom. The number of halogens is 3. The molecule has 10 heteroatoms. The van der Waals surface area contributed by atoms with E-state index in [9.17, 15) is 13.2 Å². The maximum atomic E-state index is 13.2. The Kier molecular flexibility index (Phi) is 4.84. The van der Waals surface area contributed by atoms with Crippen LogP contribution in [-0.4, -0.2) is 31.3 Å². The number of nitrogens with zero attached hydrogens (tertiary/aromatic N) is 5. The number of aryl methyl sites for hydroxylation is 2. The molecule has 30 heavy (non-hydrogen) atoms. The zero-order valence-electron chi connectivity index (χ0n) is 16.4. The van der Waals surface area contributed by atoms with Crippen molar-refractivity contribution in [1.82, 2.24) is 24.1 Å². The normalized spacial score (nSPS) is 11.8. The standard InChI is InChI=1S/C20H18F3N5O2/c1-12-18(20(21,22)23)25-19-15(29-3)9-17(26-28(12)19)30-11-16-24-14(10-27(16)2)13-7-5-4-6-8-13/h4-10H,11H2,1-3H3. The molecule has 0 fully saturated rings. The maximum Gasteiger partial charge on any atom is 0.435 e. The first-order valence-electron chi connectivity index (χ1n) is 9.00. The van der Waals surface area contributed by atoms with Gasteiger partial charge in [0.2, 0.25) is 5.88 Å². The number of benzene rings is 1. The highest BCUT2D eigenvalue weighted by Crippen LogP contribution is 2.34. The molecule has 0 atom stereocenters. The topological polar surface area (TPSA) is 66.5 Å². The lowest BCUT2D eigenvalue weighted by Crippen LogP contribution is -2.08. The Morgan fingerprint density at radius 1 is 1.10 bits per heavy atom. The monoisotopic (exact) mass is 417 g/mol. The van der Waals surface area contributed by atoms with E-state index < -0.39 is 11.9 Å². The SMILES string of the molecule is COc1cc(OCc2nc(-c3ccccc3)cn2C)nn2c(C)c(C(F)(F)F)nc12. The van der Waals surface area contributed by atoms with E-state index in [0.717, 1.165) is 15.8 Å². The summed E-state index contributed by atoms with van der Waals surface area (Å²) in [6, 6.07) is 11.1. The van der Waals surface area contributed by atoms with Gasteiger partial charge in [-0.2, -0.15) is 13.2 Å². The minimum Gasteiger partial charge on any atom is -0.493 e. The van der Waals surface area contributed by atoms with Gasteiger partial charge in [-0.15, -0.1) is 5.10 Å².